The Morgan fingerprint density at radius 2 is 1.61 bits per heavy atom. The third-order valence-corrected chi connectivity index (χ3v) is 5.97. The monoisotopic (exact) mass is 522 g/mol. The predicted molar refractivity (Wildman–Crippen MR) is 143 cm³/mol. The number of carboxylic acids is 1. The molecule has 10 heteroatoms. The fourth-order valence-corrected chi connectivity index (χ4v) is 3.95. The van der Waals surface area contributed by atoms with Crippen LogP contribution in [0.25, 0.3) is 10.9 Å². The van der Waals surface area contributed by atoms with Crippen molar-refractivity contribution in [2.45, 2.75) is 51.2 Å². The molecule has 1 unspecified atom stereocenters. The number of carboxylic acid groups (broad SMARTS) is 1. The Labute approximate surface area is 221 Å². The number of carbonyl (C=O) groups excluding carboxylic acids is 3. The molecule has 0 aliphatic carbocycles. The zero-order valence-electron chi connectivity index (χ0n) is 21.2. The number of nitrogens with one attached hydrogen (secondary N) is 4. The molecule has 0 aliphatic heterocycles. The van der Waals surface area contributed by atoms with Crippen molar-refractivity contribution in [3.63, 3.8) is 0 Å². The van der Waals surface area contributed by atoms with Gasteiger partial charge in [-0.25, -0.2) is 4.79 Å². The van der Waals surface area contributed by atoms with Crippen molar-refractivity contribution in [1.82, 2.24) is 20.9 Å². The summed E-state index contributed by atoms with van der Waals surface area (Å²) < 4.78 is 5.20. The van der Waals surface area contributed by atoms with Crippen LogP contribution in [-0.2, 0) is 20.9 Å². The maximum absolute atomic E-state index is 13.0. The molecule has 1 heterocycles. The van der Waals surface area contributed by atoms with E-state index in [0.717, 1.165) is 16.5 Å². The quantitative estimate of drug-likeness (QED) is 0.192. The molecule has 0 bridgehead atoms. The van der Waals surface area contributed by atoms with Gasteiger partial charge in [0.2, 0.25) is 5.91 Å². The highest BCUT2D eigenvalue weighted by Gasteiger charge is 2.22. The summed E-state index contributed by atoms with van der Waals surface area (Å²) in [7, 11) is 0. The lowest BCUT2D eigenvalue weighted by molar-refractivity contribution is -0.137. The van der Waals surface area contributed by atoms with E-state index in [2.05, 4.69) is 20.9 Å². The van der Waals surface area contributed by atoms with Gasteiger partial charge in [0.1, 0.15) is 12.6 Å². The van der Waals surface area contributed by atoms with E-state index in [1.807, 2.05) is 54.6 Å². The molecular formula is C28H34N4O6. The lowest BCUT2D eigenvalue weighted by atomic mass is 10.1. The summed E-state index contributed by atoms with van der Waals surface area (Å²) in [6, 6.07) is 15.9. The van der Waals surface area contributed by atoms with E-state index >= 15 is 0 Å². The number of hydrogen-bond donors (Lipinski definition) is 5. The maximum atomic E-state index is 13.0. The summed E-state index contributed by atoms with van der Waals surface area (Å²) in [6.07, 6.45) is 3.74. The number of para-hydroxylation sites is 1. The molecule has 3 aromatic rings. The minimum atomic E-state index is -0.841. The van der Waals surface area contributed by atoms with Crippen molar-refractivity contribution >= 4 is 34.8 Å². The molecule has 0 radical (unpaired) electrons. The normalized spacial score (nSPS) is 11.5. The van der Waals surface area contributed by atoms with Crippen LogP contribution in [0.15, 0.2) is 60.8 Å². The van der Waals surface area contributed by atoms with Crippen LogP contribution in [0.5, 0.6) is 0 Å². The highest BCUT2D eigenvalue weighted by Crippen LogP contribution is 2.18. The predicted octanol–water partition coefficient (Wildman–Crippen LogP) is 3.73. The third-order valence-electron chi connectivity index (χ3n) is 5.97. The molecule has 2 aromatic carbocycles. The zero-order chi connectivity index (χ0) is 27.2. The van der Waals surface area contributed by atoms with E-state index < -0.39 is 18.1 Å². The molecule has 0 saturated heterocycles. The van der Waals surface area contributed by atoms with Crippen LogP contribution in [0.2, 0.25) is 0 Å². The van der Waals surface area contributed by atoms with Crippen LogP contribution in [0.4, 0.5) is 4.79 Å². The summed E-state index contributed by atoms with van der Waals surface area (Å²) in [5.74, 6) is -1.55. The first-order valence-corrected chi connectivity index (χ1v) is 12.7. The first-order chi connectivity index (χ1) is 18.4. The van der Waals surface area contributed by atoms with Crippen LogP contribution in [0.1, 0.15) is 54.4 Å². The van der Waals surface area contributed by atoms with E-state index in [1.54, 1.807) is 6.20 Å². The molecule has 0 spiro atoms. The maximum Gasteiger partial charge on any atom is 0.407 e. The van der Waals surface area contributed by atoms with Gasteiger partial charge in [-0.05, 0) is 37.3 Å². The minimum absolute atomic E-state index is 0.0953. The van der Waals surface area contributed by atoms with Crippen LogP contribution < -0.4 is 16.0 Å². The van der Waals surface area contributed by atoms with Crippen molar-refractivity contribution in [2.24, 2.45) is 0 Å². The standard InChI is InChI=1S/C28H34N4O6/c33-25(34)15-5-2-8-16-29-27(36)24(32-26(35)22-18-31-23-13-7-6-12-21(22)23)14-9-17-30-28(37)38-19-20-10-3-1-4-11-20/h1,3-4,6-7,10-13,18,24,31H,2,5,8-9,14-17,19H2,(H,29,36)(H,30,37)(H,32,35)(H,33,34). The van der Waals surface area contributed by atoms with Crippen molar-refractivity contribution in [2.75, 3.05) is 13.1 Å². The average Bonchev–Trinajstić information content (AvgIpc) is 3.36. The number of carbonyl (C=O) groups is 4. The summed E-state index contributed by atoms with van der Waals surface area (Å²) in [6.45, 7) is 0.808. The largest absolute Gasteiger partial charge is 0.481 e. The molecule has 3 amide bonds. The third kappa shape index (κ3) is 9.27. The van der Waals surface area contributed by atoms with Crippen LogP contribution >= 0.6 is 0 Å². The summed E-state index contributed by atoms with van der Waals surface area (Å²) >= 11 is 0. The number of amides is 3. The summed E-state index contributed by atoms with van der Waals surface area (Å²) in [5.41, 5.74) is 2.13. The van der Waals surface area contributed by atoms with Crippen molar-refractivity contribution < 1.29 is 29.0 Å². The van der Waals surface area contributed by atoms with E-state index in [9.17, 15) is 19.2 Å². The van der Waals surface area contributed by atoms with Gasteiger partial charge in [0, 0.05) is 36.6 Å². The zero-order valence-corrected chi connectivity index (χ0v) is 21.2. The first kappa shape index (κ1) is 28.2. The van der Waals surface area contributed by atoms with Crippen LogP contribution in [0.3, 0.4) is 0 Å². The number of rotatable bonds is 15. The second kappa shape index (κ2) is 15.0. The minimum Gasteiger partial charge on any atom is -0.481 e. The number of aromatic nitrogens is 1. The number of benzene rings is 2. The van der Waals surface area contributed by atoms with Gasteiger partial charge in [-0.3, -0.25) is 14.4 Å². The second-order valence-electron chi connectivity index (χ2n) is 8.90. The Hall–Kier alpha value is -4.34. The van der Waals surface area contributed by atoms with E-state index in [4.69, 9.17) is 9.84 Å². The van der Waals surface area contributed by atoms with Gasteiger partial charge in [0.25, 0.3) is 5.91 Å². The molecule has 202 valence electrons. The number of ether oxygens (including phenoxy) is 1. The first-order valence-electron chi connectivity index (χ1n) is 12.7. The molecule has 0 saturated carbocycles. The van der Waals surface area contributed by atoms with Crippen LogP contribution in [-0.4, -0.2) is 53.1 Å². The molecular weight excluding hydrogens is 488 g/mol. The molecule has 3 rings (SSSR count). The van der Waals surface area contributed by atoms with Gasteiger partial charge in [-0.1, -0.05) is 55.0 Å². The van der Waals surface area contributed by atoms with Crippen LogP contribution in [0, 0.1) is 0 Å². The van der Waals surface area contributed by atoms with E-state index in [1.165, 1.54) is 0 Å². The van der Waals surface area contributed by atoms with E-state index in [0.29, 0.717) is 44.2 Å². The van der Waals surface area contributed by atoms with Crippen molar-refractivity contribution in [1.29, 1.82) is 0 Å². The molecule has 0 fully saturated rings. The molecule has 1 atom stereocenters. The molecule has 1 aromatic heterocycles. The number of unbranched alkanes of at least 4 members (excludes halogenated alkanes) is 2. The van der Waals surface area contributed by atoms with Gasteiger partial charge in [-0.2, -0.15) is 0 Å². The van der Waals surface area contributed by atoms with Crippen molar-refractivity contribution in [3.8, 4) is 0 Å². The summed E-state index contributed by atoms with van der Waals surface area (Å²) in [4.78, 5) is 51.6. The summed E-state index contributed by atoms with van der Waals surface area (Å²) in [5, 5.41) is 17.8. The Morgan fingerprint density at radius 1 is 0.868 bits per heavy atom. The van der Waals surface area contributed by atoms with Gasteiger partial charge >= 0.3 is 12.1 Å². The fraction of sp³-hybridized carbons (Fsp3) is 0.357. The highest BCUT2D eigenvalue weighted by atomic mass is 16.5. The SMILES string of the molecule is O=C(O)CCCCCNC(=O)C(CCCNC(=O)OCc1ccccc1)NC(=O)c1c[nH]c2ccccc12. The fourth-order valence-electron chi connectivity index (χ4n) is 3.95. The Morgan fingerprint density at radius 3 is 2.39 bits per heavy atom. The topological polar surface area (TPSA) is 150 Å². The number of aromatic amines is 1. The number of alkyl carbamates (subject to hydrolysis) is 1. The van der Waals surface area contributed by atoms with Crippen molar-refractivity contribution in [3.05, 3.63) is 71.9 Å². The van der Waals surface area contributed by atoms with Gasteiger partial charge in [0.05, 0.1) is 5.56 Å². The molecule has 38 heavy (non-hydrogen) atoms. The Balaban J connectivity index is 1.50. The number of fused-ring (bicyclic) bond motifs is 1. The Bertz CT molecular complexity index is 1210. The number of aliphatic carboxylic acids is 1. The highest BCUT2D eigenvalue weighted by molar-refractivity contribution is 6.07. The Kier molecular flexibility index (Phi) is 11.2. The lowest BCUT2D eigenvalue weighted by Gasteiger charge is -2.18. The second-order valence-corrected chi connectivity index (χ2v) is 8.90. The molecule has 0 aliphatic rings. The molecule has 10 nitrogen and oxygen atoms in total. The number of H-pyrrole nitrogens is 1. The smallest absolute Gasteiger partial charge is 0.407 e. The number of hydrogen-bond acceptors (Lipinski definition) is 5. The average molecular weight is 523 g/mol. The molecule has 5 N–H and O–H groups in total. The van der Waals surface area contributed by atoms with Gasteiger partial charge < -0.3 is 30.8 Å². The van der Waals surface area contributed by atoms with Gasteiger partial charge in [-0.15, -0.1) is 0 Å². The van der Waals surface area contributed by atoms with Gasteiger partial charge in [0.15, 0.2) is 0 Å². The lowest BCUT2D eigenvalue weighted by Crippen LogP contribution is -2.47. The van der Waals surface area contributed by atoms with E-state index in [-0.39, 0.29) is 31.4 Å².